The second-order valence-corrected chi connectivity index (χ2v) is 6.72. The fourth-order valence-corrected chi connectivity index (χ4v) is 2.98. The number of nitrogens with zero attached hydrogens (tertiary/aromatic N) is 1. The summed E-state index contributed by atoms with van der Waals surface area (Å²) in [7, 11) is 0. The zero-order chi connectivity index (χ0) is 19.5. The fourth-order valence-electron chi connectivity index (χ4n) is 1.89. The molecule has 12 heteroatoms. The Kier molecular flexibility index (Phi) is 6.13. The van der Waals surface area contributed by atoms with Crippen molar-refractivity contribution in [2.45, 2.75) is 24.8 Å². The highest BCUT2D eigenvalue weighted by Gasteiger charge is 2.33. The van der Waals surface area contributed by atoms with Crippen LogP contribution in [0.5, 0.6) is 0 Å². The Hall–Kier alpha value is -2.27. The molecule has 140 valence electrons. The molecule has 1 aromatic rings. The van der Waals surface area contributed by atoms with Crippen molar-refractivity contribution in [3.8, 4) is 0 Å². The van der Waals surface area contributed by atoms with Crippen molar-refractivity contribution in [2.75, 3.05) is 5.32 Å². The number of hydrazone groups is 1. The van der Waals surface area contributed by atoms with Crippen molar-refractivity contribution in [3.63, 3.8) is 0 Å². The first kappa shape index (κ1) is 20.0. The van der Waals surface area contributed by atoms with Gasteiger partial charge in [0, 0.05) is 13.3 Å². The molecule has 2 rings (SSSR count). The van der Waals surface area contributed by atoms with Gasteiger partial charge in [0.05, 0.1) is 16.3 Å². The molecule has 26 heavy (non-hydrogen) atoms. The van der Waals surface area contributed by atoms with Gasteiger partial charge in [-0.05, 0) is 18.2 Å². The van der Waals surface area contributed by atoms with Crippen LogP contribution in [-0.2, 0) is 20.6 Å². The number of amidine groups is 1. The second-order valence-electron chi connectivity index (χ2n) is 5.13. The van der Waals surface area contributed by atoms with Gasteiger partial charge < -0.3 is 10.6 Å². The number of benzene rings is 1. The van der Waals surface area contributed by atoms with Gasteiger partial charge in [-0.25, -0.2) is 5.43 Å². The van der Waals surface area contributed by atoms with Gasteiger partial charge in [-0.2, -0.15) is 13.2 Å². The summed E-state index contributed by atoms with van der Waals surface area (Å²) in [4.78, 5) is 34.6. The molecule has 7 nitrogen and oxygen atoms in total. The number of carbonyl (C=O) groups is 3. The van der Waals surface area contributed by atoms with Crippen LogP contribution >= 0.6 is 23.4 Å². The first-order valence-electron chi connectivity index (χ1n) is 7.04. The van der Waals surface area contributed by atoms with Crippen molar-refractivity contribution >= 4 is 51.9 Å². The van der Waals surface area contributed by atoms with Crippen LogP contribution in [0.2, 0.25) is 5.02 Å². The highest BCUT2D eigenvalue weighted by atomic mass is 35.5. The second kappa shape index (κ2) is 7.96. The summed E-state index contributed by atoms with van der Waals surface area (Å²) in [5.74, 6) is -1.64. The predicted octanol–water partition coefficient (Wildman–Crippen LogP) is 2.33. The molecule has 1 aliphatic heterocycles. The maximum atomic E-state index is 12.7. The Morgan fingerprint density at radius 3 is 2.69 bits per heavy atom. The van der Waals surface area contributed by atoms with Crippen molar-refractivity contribution in [1.29, 1.82) is 0 Å². The lowest BCUT2D eigenvalue weighted by Crippen LogP contribution is -2.29. The van der Waals surface area contributed by atoms with Crippen molar-refractivity contribution in [1.82, 2.24) is 10.7 Å². The molecular formula is C14H12ClF3N4O3S. The minimum absolute atomic E-state index is 0.0669. The molecule has 0 spiro atoms. The molecule has 3 amide bonds. The molecule has 1 aliphatic rings. The lowest BCUT2D eigenvalue weighted by atomic mass is 10.2. The number of amides is 3. The number of carbonyl (C=O) groups excluding carboxylic acids is 3. The minimum atomic E-state index is -4.58. The largest absolute Gasteiger partial charge is 0.416 e. The highest BCUT2D eigenvalue weighted by Crippen LogP contribution is 2.34. The van der Waals surface area contributed by atoms with E-state index in [1.807, 2.05) is 0 Å². The van der Waals surface area contributed by atoms with E-state index in [2.05, 4.69) is 21.2 Å². The third kappa shape index (κ3) is 5.36. The van der Waals surface area contributed by atoms with Gasteiger partial charge in [0.15, 0.2) is 5.17 Å². The molecular weight excluding hydrogens is 397 g/mol. The van der Waals surface area contributed by atoms with E-state index >= 15 is 0 Å². The van der Waals surface area contributed by atoms with Crippen LogP contribution in [0, 0.1) is 0 Å². The van der Waals surface area contributed by atoms with Crippen LogP contribution in [0.4, 0.5) is 18.9 Å². The lowest BCUT2D eigenvalue weighted by Gasteiger charge is -2.12. The summed E-state index contributed by atoms with van der Waals surface area (Å²) >= 11 is 6.72. The summed E-state index contributed by atoms with van der Waals surface area (Å²) in [5.41, 5.74) is 0.969. The van der Waals surface area contributed by atoms with E-state index in [0.29, 0.717) is 6.07 Å². The van der Waals surface area contributed by atoms with Gasteiger partial charge in [-0.15, -0.1) is 5.10 Å². The number of thioether (sulfide) groups is 1. The van der Waals surface area contributed by atoms with Gasteiger partial charge in [0.2, 0.25) is 17.7 Å². The lowest BCUT2D eigenvalue weighted by molar-refractivity contribution is -0.137. The number of hydrogen-bond acceptors (Lipinski definition) is 5. The number of halogens is 4. The zero-order valence-electron chi connectivity index (χ0n) is 13.1. The van der Waals surface area contributed by atoms with E-state index < -0.39 is 34.7 Å². The van der Waals surface area contributed by atoms with E-state index in [1.165, 1.54) is 6.92 Å². The fraction of sp³-hybridized carbons (Fsp3) is 0.286. The molecule has 0 unspecified atom stereocenters. The van der Waals surface area contributed by atoms with Crippen molar-refractivity contribution in [2.24, 2.45) is 5.10 Å². The smallest absolute Gasteiger partial charge is 0.325 e. The Morgan fingerprint density at radius 2 is 2.08 bits per heavy atom. The average molecular weight is 409 g/mol. The number of rotatable bonds is 4. The number of hydrogen-bond donors (Lipinski definition) is 3. The van der Waals surface area contributed by atoms with Crippen LogP contribution < -0.4 is 16.1 Å². The van der Waals surface area contributed by atoms with Crippen LogP contribution in [0.25, 0.3) is 0 Å². The van der Waals surface area contributed by atoms with Crippen LogP contribution in [0.15, 0.2) is 23.3 Å². The maximum absolute atomic E-state index is 12.7. The summed E-state index contributed by atoms with van der Waals surface area (Å²) in [6.07, 6.45) is -4.90. The van der Waals surface area contributed by atoms with Gasteiger partial charge in [-0.1, -0.05) is 23.4 Å². The van der Waals surface area contributed by atoms with Gasteiger partial charge >= 0.3 is 6.18 Å². The molecule has 1 saturated heterocycles. The number of anilines is 1. The molecule has 0 bridgehead atoms. The summed E-state index contributed by atoms with van der Waals surface area (Å²) < 4.78 is 38.2. The zero-order valence-corrected chi connectivity index (χ0v) is 14.7. The summed E-state index contributed by atoms with van der Waals surface area (Å²) in [6, 6.07) is 2.53. The molecule has 0 radical (unpaired) electrons. The topological polar surface area (TPSA) is 99.7 Å². The molecule has 3 N–H and O–H groups in total. The summed E-state index contributed by atoms with van der Waals surface area (Å²) in [5, 5.41) is 7.48. The first-order valence-corrected chi connectivity index (χ1v) is 8.30. The molecule has 1 aromatic carbocycles. The monoisotopic (exact) mass is 408 g/mol. The Morgan fingerprint density at radius 1 is 1.38 bits per heavy atom. The van der Waals surface area contributed by atoms with Crippen LogP contribution in [-0.4, -0.2) is 28.1 Å². The first-order chi connectivity index (χ1) is 12.1. The summed E-state index contributed by atoms with van der Waals surface area (Å²) in [6.45, 7) is 1.23. The Balaban J connectivity index is 2.02. The van der Waals surface area contributed by atoms with E-state index in [4.69, 9.17) is 11.6 Å². The quantitative estimate of drug-likeness (QED) is 0.666. The van der Waals surface area contributed by atoms with Crippen molar-refractivity contribution in [3.05, 3.63) is 28.8 Å². The van der Waals surface area contributed by atoms with E-state index in [9.17, 15) is 27.6 Å². The third-order valence-corrected chi connectivity index (χ3v) is 4.44. The van der Waals surface area contributed by atoms with E-state index in [-0.39, 0.29) is 22.3 Å². The van der Waals surface area contributed by atoms with E-state index in [0.717, 1.165) is 23.9 Å². The highest BCUT2D eigenvalue weighted by molar-refractivity contribution is 8.15. The Labute approximate surface area is 154 Å². The molecule has 1 fully saturated rings. The van der Waals surface area contributed by atoms with Crippen LogP contribution in [0.3, 0.4) is 0 Å². The third-order valence-electron chi connectivity index (χ3n) is 3.03. The predicted molar refractivity (Wildman–Crippen MR) is 90.5 cm³/mol. The number of alkyl halides is 3. The van der Waals surface area contributed by atoms with Crippen molar-refractivity contribution < 1.29 is 27.6 Å². The SMILES string of the molecule is CC(=O)N/N=C1\NC(=O)[C@@H](CC(=O)Nc2cc(C(F)(F)F)ccc2Cl)S1. The maximum Gasteiger partial charge on any atom is 0.416 e. The molecule has 0 saturated carbocycles. The average Bonchev–Trinajstić information content (AvgIpc) is 2.86. The minimum Gasteiger partial charge on any atom is -0.325 e. The number of nitrogens with one attached hydrogen (secondary N) is 3. The van der Waals surface area contributed by atoms with Gasteiger partial charge in [0.25, 0.3) is 0 Å². The molecule has 0 aromatic heterocycles. The normalized spacial score (nSPS) is 18.6. The van der Waals surface area contributed by atoms with Gasteiger partial charge in [0.1, 0.15) is 5.25 Å². The van der Waals surface area contributed by atoms with Gasteiger partial charge in [-0.3, -0.25) is 14.4 Å². The standard InChI is InChI=1S/C14H12ClF3N4O3S/c1-6(23)21-22-13-20-12(25)10(26-13)5-11(24)19-9-4-7(14(16,17)18)2-3-8(9)15/h2-4,10H,5H2,1H3,(H,19,24)(H,21,23)(H,20,22,25)/t10-/m1/s1. The Bertz CT molecular complexity index is 785. The van der Waals surface area contributed by atoms with Crippen LogP contribution in [0.1, 0.15) is 18.9 Å². The van der Waals surface area contributed by atoms with E-state index in [1.54, 1.807) is 0 Å². The molecule has 1 atom stereocenters. The molecule has 1 heterocycles. The molecule has 0 aliphatic carbocycles.